The number of thiazole rings is 1. The molecule has 0 saturated heterocycles. The number of fused-ring (bicyclic) bond motifs is 3. The molecular weight excluding hydrogens is 434 g/mol. The van der Waals surface area contributed by atoms with E-state index in [4.69, 9.17) is 15.1 Å². The van der Waals surface area contributed by atoms with E-state index in [0.717, 1.165) is 21.8 Å². The number of aromatic amines is 1. The molecule has 160 valence electrons. The molecule has 6 aromatic rings. The Bertz CT molecular complexity index is 1680. The summed E-state index contributed by atoms with van der Waals surface area (Å²) >= 11 is 1.39. The van der Waals surface area contributed by atoms with E-state index in [0.29, 0.717) is 39.0 Å². The van der Waals surface area contributed by atoms with Gasteiger partial charge in [0.05, 0.1) is 16.8 Å². The highest BCUT2D eigenvalue weighted by atomic mass is 32.1. The van der Waals surface area contributed by atoms with E-state index >= 15 is 0 Å². The Morgan fingerprint density at radius 1 is 0.970 bits per heavy atom. The van der Waals surface area contributed by atoms with Gasteiger partial charge in [0.1, 0.15) is 16.4 Å². The fraction of sp³-hybridized carbons (Fsp3) is 0. The van der Waals surface area contributed by atoms with Crippen LogP contribution in [-0.4, -0.2) is 15.2 Å². The topological polar surface area (TPSA) is 110 Å². The Labute approximate surface area is 191 Å². The number of benzene rings is 3. The van der Waals surface area contributed by atoms with Crippen molar-refractivity contribution in [1.82, 2.24) is 15.2 Å². The Kier molecular flexibility index (Phi) is 4.44. The molecular formula is C25H17N5O2S. The lowest BCUT2D eigenvalue weighted by Crippen LogP contribution is -2.03. The summed E-state index contributed by atoms with van der Waals surface area (Å²) in [5, 5.41) is 15.8. The van der Waals surface area contributed by atoms with Gasteiger partial charge in [-0.2, -0.15) is 5.10 Å². The highest BCUT2D eigenvalue weighted by Crippen LogP contribution is 2.37. The number of aromatic nitrogens is 3. The van der Waals surface area contributed by atoms with E-state index in [1.54, 1.807) is 0 Å². The summed E-state index contributed by atoms with van der Waals surface area (Å²) in [6.07, 6.45) is 0. The fourth-order valence-corrected chi connectivity index (χ4v) is 4.76. The van der Waals surface area contributed by atoms with E-state index in [9.17, 15) is 4.79 Å². The highest BCUT2D eigenvalue weighted by Gasteiger charge is 2.19. The largest absolute Gasteiger partial charge is 0.422 e. The van der Waals surface area contributed by atoms with Crippen LogP contribution in [0.3, 0.4) is 0 Å². The molecule has 4 N–H and O–H groups in total. The number of hydrogen-bond donors (Lipinski definition) is 3. The molecule has 0 radical (unpaired) electrons. The Balaban J connectivity index is 1.45. The molecule has 3 heterocycles. The standard InChI is InChI=1S/C25H17N5O2S/c26-22-21(23(30-29-22)27-15-7-2-1-3-8-15)24-28-19(13-33-24)18-12-17-16-9-5-4-6-14(16)10-11-20(17)32-25(18)31/h1-13H,(H4,26,27,29,30). The lowest BCUT2D eigenvalue weighted by Gasteiger charge is -2.05. The number of para-hydroxylation sites is 1. The lowest BCUT2D eigenvalue weighted by atomic mass is 10.0. The Morgan fingerprint density at radius 3 is 2.67 bits per heavy atom. The molecule has 0 fully saturated rings. The smallest absolute Gasteiger partial charge is 0.345 e. The van der Waals surface area contributed by atoms with Gasteiger partial charge in [-0.3, -0.25) is 5.10 Å². The van der Waals surface area contributed by atoms with E-state index in [-0.39, 0.29) is 0 Å². The minimum atomic E-state index is -0.433. The van der Waals surface area contributed by atoms with Crippen molar-refractivity contribution >= 4 is 50.4 Å². The van der Waals surface area contributed by atoms with Gasteiger partial charge in [0.2, 0.25) is 0 Å². The van der Waals surface area contributed by atoms with Crippen LogP contribution in [0.15, 0.2) is 87.4 Å². The zero-order chi connectivity index (χ0) is 22.4. The van der Waals surface area contributed by atoms with Gasteiger partial charge in [-0.1, -0.05) is 48.5 Å². The van der Waals surface area contributed by atoms with Crippen LogP contribution in [0.2, 0.25) is 0 Å². The second-order valence-electron chi connectivity index (χ2n) is 7.54. The molecule has 33 heavy (non-hydrogen) atoms. The zero-order valence-corrected chi connectivity index (χ0v) is 18.0. The zero-order valence-electron chi connectivity index (χ0n) is 17.2. The summed E-state index contributed by atoms with van der Waals surface area (Å²) in [7, 11) is 0. The van der Waals surface area contributed by atoms with E-state index in [1.165, 1.54) is 11.3 Å². The molecule has 0 atom stereocenters. The van der Waals surface area contributed by atoms with Crippen molar-refractivity contribution < 1.29 is 4.42 Å². The van der Waals surface area contributed by atoms with Gasteiger partial charge in [-0.25, -0.2) is 9.78 Å². The summed E-state index contributed by atoms with van der Waals surface area (Å²) in [6.45, 7) is 0. The third-order valence-corrected chi connectivity index (χ3v) is 6.33. The molecule has 0 aliphatic heterocycles. The van der Waals surface area contributed by atoms with Crippen molar-refractivity contribution in [2.45, 2.75) is 0 Å². The molecule has 8 heteroatoms. The van der Waals surface area contributed by atoms with Crippen LogP contribution in [-0.2, 0) is 0 Å². The fourth-order valence-electron chi connectivity index (χ4n) is 3.88. The first-order chi connectivity index (χ1) is 16.2. The van der Waals surface area contributed by atoms with Gasteiger partial charge in [0.15, 0.2) is 5.82 Å². The van der Waals surface area contributed by atoms with E-state index < -0.39 is 5.63 Å². The normalized spacial score (nSPS) is 11.3. The molecule has 0 aliphatic carbocycles. The monoisotopic (exact) mass is 451 g/mol. The van der Waals surface area contributed by atoms with Crippen molar-refractivity contribution in [2.75, 3.05) is 11.1 Å². The summed E-state index contributed by atoms with van der Waals surface area (Å²) in [5.41, 5.74) is 8.76. The maximum absolute atomic E-state index is 12.8. The van der Waals surface area contributed by atoms with Gasteiger partial charge in [-0.05, 0) is 35.0 Å². The predicted octanol–water partition coefficient (Wildman–Crippen LogP) is 5.79. The van der Waals surface area contributed by atoms with E-state index in [2.05, 4.69) is 15.5 Å². The lowest BCUT2D eigenvalue weighted by molar-refractivity contribution is 0.563. The SMILES string of the molecule is Nc1[nH]nc(Nc2ccccc2)c1-c1nc(-c2cc3c(ccc4ccccc43)oc2=O)cs1. The van der Waals surface area contributed by atoms with Crippen LogP contribution < -0.4 is 16.7 Å². The molecule has 0 spiro atoms. The summed E-state index contributed by atoms with van der Waals surface area (Å²) in [5.74, 6) is 0.960. The van der Waals surface area contributed by atoms with E-state index in [1.807, 2.05) is 78.2 Å². The van der Waals surface area contributed by atoms with Crippen molar-refractivity contribution in [3.63, 3.8) is 0 Å². The number of nitrogens with two attached hydrogens (primary N) is 1. The second kappa shape index (κ2) is 7.61. The van der Waals surface area contributed by atoms with Crippen LogP contribution in [0.5, 0.6) is 0 Å². The number of nitrogens with one attached hydrogen (secondary N) is 2. The van der Waals surface area contributed by atoms with Crippen LogP contribution in [0, 0.1) is 0 Å². The highest BCUT2D eigenvalue weighted by molar-refractivity contribution is 7.13. The molecule has 0 bridgehead atoms. The minimum Gasteiger partial charge on any atom is -0.422 e. The second-order valence-corrected chi connectivity index (χ2v) is 8.39. The summed E-state index contributed by atoms with van der Waals surface area (Å²) in [4.78, 5) is 17.5. The Hall–Kier alpha value is -4.43. The molecule has 0 saturated carbocycles. The van der Waals surface area contributed by atoms with Crippen LogP contribution in [0.4, 0.5) is 17.3 Å². The van der Waals surface area contributed by atoms with Crippen molar-refractivity contribution in [1.29, 1.82) is 0 Å². The predicted molar refractivity (Wildman–Crippen MR) is 133 cm³/mol. The quantitative estimate of drug-likeness (QED) is 0.231. The maximum atomic E-state index is 12.8. The van der Waals surface area contributed by atoms with Crippen LogP contribution in [0.1, 0.15) is 0 Å². The first-order valence-corrected chi connectivity index (χ1v) is 11.1. The number of H-pyrrole nitrogens is 1. The number of hydrogen-bond acceptors (Lipinski definition) is 7. The van der Waals surface area contributed by atoms with Crippen molar-refractivity contribution in [2.24, 2.45) is 0 Å². The van der Waals surface area contributed by atoms with Crippen LogP contribution >= 0.6 is 11.3 Å². The first-order valence-electron chi connectivity index (χ1n) is 10.3. The molecule has 0 aliphatic rings. The van der Waals surface area contributed by atoms with Crippen molar-refractivity contribution in [3.05, 3.63) is 88.6 Å². The van der Waals surface area contributed by atoms with Crippen LogP contribution in [0.25, 0.3) is 43.6 Å². The minimum absolute atomic E-state index is 0.394. The molecule has 3 aromatic carbocycles. The average Bonchev–Trinajstić information content (AvgIpc) is 3.45. The number of nitrogens with zero attached hydrogens (tertiary/aromatic N) is 2. The molecule has 3 aromatic heterocycles. The molecule has 0 amide bonds. The molecule has 7 nitrogen and oxygen atoms in total. The molecule has 6 rings (SSSR count). The van der Waals surface area contributed by atoms with Gasteiger partial charge in [0.25, 0.3) is 0 Å². The van der Waals surface area contributed by atoms with Gasteiger partial charge in [0, 0.05) is 16.5 Å². The van der Waals surface area contributed by atoms with Gasteiger partial charge in [-0.15, -0.1) is 11.3 Å². The Morgan fingerprint density at radius 2 is 1.79 bits per heavy atom. The number of rotatable bonds is 4. The van der Waals surface area contributed by atoms with Crippen molar-refractivity contribution in [3.8, 4) is 21.8 Å². The number of anilines is 3. The molecule has 0 unspecified atom stereocenters. The van der Waals surface area contributed by atoms with Gasteiger partial charge < -0.3 is 15.5 Å². The number of nitrogen functional groups attached to an aromatic ring is 1. The summed E-state index contributed by atoms with van der Waals surface area (Å²) < 4.78 is 5.64. The maximum Gasteiger partial charge on any atom is 0.345 e. The average molecular weight is 452 g/mol. The first kappa shape index (κ1) is 19.3. The van der Waals surface area contributed by atoms with Gasteiger partial charge >= 0.3 is 5.63 Å². The third kappa shape index (κ3) is 3.33. The summed E-state index contributed by atoms with van der Waals surface area (Å²) in [6, 6.07) is 23.3. The third-order valence-electron chi connectivity index (χ3n) is 5.47.